The smallest absolute Gasteiger partial charge is 0.256 e. The summed E-state index contributed by atoms with van der Waals surface area (Å²) in [5.41, 5.74) is 1.07. The van der Waals surface area contributed by atoms with Crippen LogP contribution in [0.3, 0.4) is 0 Å². The lowest BCUT2D eigenvalue weighted by molar-refractivity contribution is 0.102. The summed E-state index contributed by atoms with van der Waals surface area (Å²) in [5, 5.41) is 2.59. The monoisotopic (exact) mass is 369 g/mol. The largest absolute Gasteiger partial charge is 0.322 e. The molecule has 0 aliphatic heterocycles. The normalized spacial score (nSPS) is 11.1. The Morgan fingerprint density at radius 3 is 2.15 bits per heavy atom. The van der Waals surface area contributed by atoms with E-state index in [0.29, 0.717) is 11.3 Å². The summed E-state index contributed by atoms with van der Waals surface area (Å²) < 4.78 is 38.6. The van der Waals surface area contributed by atoms with Crippen molar-refractivity contribution in [2.45, 2.75) is 10.6 Å². The number of carbonyl (C=O) groups is 1. The Labute approximate surface area is 151 Å². The molecule has 0 spiro atoms. The van der Waals surface area contributed by atoms with Crippen molar-refractivity contribution in [1.29, 1.82) is 0 Å². The topological polar surface area (TPSA) is 63.2 Å². The van der Waals surface area contributed by atoms with Crippen molar-refractivity contribution in [1.82, 2.24) is 0 Å². The van der Waals surface area contributed by atoms with Crippen molar-refractivity contribution >= 4 is 21.4 Å². The maximum absolute atomic E-state index is 13.0. The quantitative estimate of drug-likeness (QED) is 0.738. The van der Waals surface area contributed by atoms with Crippen LogP contribution in [0.25, 0.3) is 0 Å². The van der Waals surface area contributed by atoms with Gasteiger partial charge in [-0.15, -0.1) is 0 Å². The molecule has 6 heteroatoms. The molecule has 1 N–H and O–H groups in total. The number of nitrogens with one attached hydrogen (secondary N) is 1. The van der Waals surface area contributed by atoms with Crippen molar-refractivity contribution < 1.29 is 17.6 Å². The number of sulfone groups is 1. The molecule has 0 aromatic heterocycles. The minimum absolute atomic E-state index is 0.0385. The van der Waals surface area contributed by atoms with Gasteiger partial charge in [0.2, 0.25) is 0 Å². The highest BCUT2D eigenvalue weighted by molar-refractivity contribution is 7.90. The lowest BCUT2D eigenvalue weighted by Crippen LogP contribution is -2.17. The van der Waals surface area contributed by atoms with Gasteiger partial charge >= 0.3 is 0 Å². The van der Waals surface area contributed by atoms with Gasteiger partial charge in [0.05, 0.1) is 16.2 Å². The summed E-state index contributed by atoms with van der Waals surface area (Å²) >= 11 is 0. The Balaban J connectivity index is 1.90. The highest BCUT2D eigenvalue weighted by Gasteiger charge is 2.22. The highest BCUT2D eigenvalue weighted by Crippen LogP contribution is 2.22. The molecule has 0 saturated heterocycles. The zero-order valence-electron chi connectivity index (χ0n) is 13.7. The molecule has 0 saturated carbocycles. The van der Waals surface area contributed by atoms with Crippen LogP contribution in [-0.4, -0.2) is 14.3 Å². The van der Waals surface area contributed by atoms with E-state index in [1.807, 2.05) is 0 Å². The number of hydrogen-bond acceptors (Lipinski definition) is 3. The Bertz CT molecular complexity index is 1020. The molecule has 0 aliphatic rings. The van der Waals surface area contributed by atoms with Gasteiger partial charge in [-0.25, -0.2) is 12.8 Å². The van der Waals surface area contributed by atoms with Crippen LogP contribution >= 0.6 is 0 Å². The lowest BCUT2D eigenvalue weighted by atomic mass is 10.2. The van der Waals surface area contributed by atoms with Gasteiger partial charge in [-0.2, -0.15) is 0 Å². The number of hydrogen-bond donors (Lipinski definition) is 1. The average molecular weight is 369 g/mol. The van der Waals surface area contributed by atoms with Gasteiger partial charge in [-0.05, 0) is 42.0 Å². The molecule has 0 atom stereocenters. The van der Waals surface area contributed by atoms with Crippen molar-refractivity contribution in [3.63, 3.8) is 0 Å². The first-order valence-electron chi connectivity index (χ1n) is 7.88. The predicted molar refractivity (Wildman–Crippen MR) is 98.1 cm³/mol. The van der Waals surface area contributed by atoms with Gasteiger partial charge in [-0.3, -0.25) is 4.79 Å². The van der Waals surface area contributed by atoms with Gasteiger partial charge in [0, 0.05) is 5.69 Å². The second-order valence-corrected chi connectivity index (χ2v) is 7.66. The molecule has 3 rings (SSSR count). The van der Waals surface area contributed by atoms with Crippen molar-refractivity contribution in [2.75, 3.05) is 5.32 Å². The molecule has 0 radical (unpaired) electrons. The lowest BCUT2D eigenvalue weighted by Gasteiger charge is -2.11. The van der Waals surface area contributed by atoms with E-state index in [1.54, 1.807) is 42.5 Å². The number of halogens is 1. The van der Waals surface area contributed by atoms with Crippen molar-refractivity contribution in [2.24, 2.45) is 0 Å². The van der Waals surface area contributed by atoms with Crippen LogP contribution in [0, 0.1) is 5.82 Å². The molecule has 3 aromatic carbocycles. The van der Waals surface area contributed by atoms with Gasteiger partial charge in [0.1, 0.15) is 5.82 Å². The van der Waals surface area contributed by atoms with Crippen LogP contribution in [-0.2, 0) is 15.6 Å². The molecule has 0 aliphatic carbocycles. The Kier molecular flexibility index (Phi) is 5.14. The molecule has 0 unspecified atom stereocenters. The maximum Gasteiger partial charge on any atom is 0.256 e. The first kappa shape index (κ1) is 17.8. The summed E-state index contributed by atoms with van der Waals surface area (Å²) in [4.78, 5) is 12.5. The van der Waals surface area contributed by atoms with E-state index in [-0.39, 0.29) is 16.2 Å². The summed E-state index contributed by atoms with van der Waals surface area (Å²) in [6, 6.07) is 20.1. The standard InChI is InChI=1S/C20H16FNO3S/c21-16-10-12-17(13-11-16)22-20(23)18-8-4-5-9-19(18)26(24,25)14-15-6-2-1-3-7-15/h1-13H,14H2,(H,22,23). The molecule has 0 fully saturated rings. The Morgan fingerprint density at radius 2 is 1.46 bits per heavy atom. The fourth-order valence-corrected chi connectivity index (χ4v) is 4.10. The van der Waals surface area contributed by atoms with Gasteiger partial charge in [-0.1, -0.05) is 42.5 Å². The third-order valence-corrected chi connectivity index (χ3v) is 5.51. The molecule has 3 aromatic rings. The third-order valence-electron chi connectivity index (χ3n) is 3.77. The van der Waals surface area contributed by atoms with Crippen LogP contribution < -0.4 is 5.32 Å². The molecule has 0 bridgehead atoms. The molecule has 4 nitrogen and oxygen atoms in total. The molecule has 26 heavy (non-hydrogen) atoms. The first-order chi connectivity index (χ1) is 12.5. The minimum atomic E-state index is -3.71. The maximum atomic E-state index is 13.0. The van der Waals surface area contributed by atoms with Crippen LogP contribution in [0.1, 0.15) is 15.9 Å². The SMILES string of the molecule is O=C(Nc1ccc(F)cc1)c1ccccc1S(=O)(=O)Cc1ccccc1. The fourth-order valence-electron chi connectivity index (χ4n) is 2.53. The highest BCUT2D eigenvalue weighted by atomic mass is 32.2. The van der Waals surface area contributed by atoms with E-state index in [1.165, 1.54) is 36.4 Å². The zero-order valence-corrected chi connectivity index (χ0v) is 14.5. The number of carbonyl (C=O) groups excluding carboxylic acids is 1. The number of amides is 1. The third kappa shape index (κ3) is 4.15. The number of anilines is 1. The molecular weight excluding hydrogens is 353 g/mol. The number of benzene rings is 3. The second-order valence-electron chi connectivity index (χ2n) is 5.70. The summed E-state index contributed by atoms with van der Waals surface area (Å²) in [5.74, 6) is -1.19. The van der Waals surface area contributed by atoms with E-state index in [4.69, 9.17) is 0 Å². The molecule has 132 valence electrons. The molecular formula is C20H16FNO3S. The first-order valence-corrected chi connectivity index (χ1v) is 9.53. The van der Waals surface area contributed by atoms with Crippen molar-refractivity contribution in [3.8, 4) is 0 Å². The average Bonchev–Trinajstić information content (AvgIpc) is 2.64. The zero-order chi connectivity index (χ0) is 18.6. The Morgan fingerprint density at radius 1 is 0.846 bits per heavy atom. The van der Waals surface area contributed by atoms with Crippen LogP contribution in [0.15, 0.2) is 83.8 Å². The van der Waals surface area contributed by atoms with E-state index < -0.39 is 21.6 Å². The van der Waals surface area contributed by atoms with Gasteiger partial charge in [0.15, 0.2) is 9.84 Å². The summed E-state index contributed by atoms with van der Waals surface area (Å²) in [6.07, 6.45) is 0. The van der Waals surface area contributed by atoms with Crippen LogP contribution in [0.4, 0.5) is 10.1 Å². The van der Waals surface area contributed by atoms with Gasteiger partial charge < -0.3 is 5.32 Å². The second kappa shape index (κ2) is 7.49. The minimum Gasteiger partial charge on any atom is -0.322 e. The van der Waals surface area contributed by atoms with E-state index >= 15 is 0 Å². The van der Waals surface area contributed by atoms with Crippen LogP contribution in [0.2, 0.25) is 0 Å². The summed E-state index contributed by atoms with van der Waals surface area (Å²) in [6.45, 7) is 0. The predicted octanol–water partition coefficient (Wildman–Crippen LogP) is 4.05. The van der Waals surface area contributed by atoms with Gasteiger partial charge in [0.25, 0.3) is 5.91 Å². The number of rotatable bonds is 5. The Hall–Kier alpha value is -2.99. The molecule has 0 heterocycles. The van der Waals surface area contributed by atoms with E-state index in [2.05, 4.69) is 5.32 Å². The fraction of sp³-hybridized carbons (Fsp3) is 0.0500. The molecule has 1 amide bonds. The van der Waals surface area contributed by atoms with E-state index in [9.17, 15) is 17.6 Å². The van der Waals surface area contributed by atoms with E-state index in [0.717, 1.165) is 0 Å². The summed E-state index contributed by atoms with van der Waals surface area (Å²) in [7, 11) is -3.71. The van der Waals surface area contributed by atoms with Crippen LogP contribution in [0.5, 0.6) is 0 Å². The van der Waals surface area contributed by atoms with Crippen molar-refractivity contribution in [3.05, 3.63) is 95.8 Å².